The molecule has 0 aliphatic heterocycles. The van der Waals surface area contributed by atoms with E-state index in [1.165, 1.54) is 4.88 Å². The van der Waals surface area contributed by atoms with Crippen molar-refractivity contribution in [1.82, 2.24) is 9.88 Å². The highest BCUT2D eigenvalue weighted by Gasteiger charge is 2.34. The second-order valence-electron chi connectivity index (χ2n) is 8.39. The van der Waals surface area contributed by atoms with Crippen LogP contribution in [0.2, 0.25) is 0 Å². The Bertz CT molecular complexity index is 1030. The minimum absolute atomic E-state index is 0.151. The summed E-state index contributed by atoms with van der Waals surface area (Å²) in [6.45, 7) is 5.21. The number of aryl methyl sites for hydroxylation is 1. The maximum Gasteiger partial charge on any atom is 0.337 e. The van der Waals surface area contributed by atoms with Gasteiger partial charge in [-0.2, -0.15) is 0 Å². The molecule has 0 atom stereocenters. The Morgan fingerprint density at radius 3 is 2.85 bits per heavy atom. The first-order valence-electron chi connectivity index (χ1n) is 9.15. The van der Waals surface area contributed by atoms with E-state index >= 15 is 0 Å². The molecule has 0 spiro atoms. The van der Waals surface area contributed by atoms with Gasteiger partial charge in [0.05, 0.1) is 10.4 Å². The Balaban J connectivity index is 2.01. The fraction of sp³-hybridized carbons (Fsp3) is 0.429. The fourth-order valence-electron chi connectivity index (χ4n) is 4.02. The summed E-state index contributed by atoms with van der Waals surface area (Å²) in [6.07, 6.45) is 4.83. The van der Waals surface area contributed by atoms with Crippen molar-refractivity contribution in [3.05, 3.63) is 39.2 Å². The zero-order valence-corrected chi connectivity index (χ0v) is 17.8. The Hall–Kier alpha value is -1.76. The van der Waals surface area contributed by atoms with E-state index in [0.717, 1.165) is 57.6 Å². The van der Waals surface area contributed by atoms with Gasteiger partial charge in [-0.1, -0.05) is 13.8 Å². The first-order valence-corrected chi connectivity index (χ1v) is 10.8. The lowest BCUT2D eigenvalue weighted by Gasteiger charge is -2.29. The number of fused-ring (bicyclic) bond motifs is 2. The van der Waals surface area contributed by atoms with Crippen molar-refractivity contribution >= 4 is 38.9 Å². The molecule has 4 nitrogen and oxygen atoms in total. The SMILES string of the molecule is CN(C)Cc1cnc2sccc2c1-c1sc2c(c1C(=O)O)CC(C)(C)CC2. The monoisotopic (exact) mass is 400 g/mol. The number of nitrogens with zero attached hydrogens (tertiary/aromatic N) is 2. The standard InChI is InChI=1S/C21H24N2O2S2/c1-21(2)7-5-15-14(9-21)17(20(24)25)18(27-15)16-12(11-23(3)4)10-22-19-13(16)6-8-26-19/h6,8,10H,5,7,9,11H2,1-4H3,(H,24,25). The van der Waals surface area contributed by atoms with Crippen LogP contribution >= 0.6 is 22.7 Å². The molecule has 0 radical (unpaired) electrons. The zero-order valence-electron chi connectivity index (χ0n) is 16.1. The van der Waals surface area contributed by atoms with Crippen LogP contribution in [0.15, 0.2) is 17.6 Å². The van der Waals surface area contributed by atoms with Crippen LogP contribution in [0.4, 0.5) is 0 Å². The number of aromatic carboxylic acids is 1. The molecule has 142 valence electrons. The summed E-state index contributed by atoms with van der Waals surface area (Å²) in [5, 5.41) is 13.2. The summed E-state index contributed by atoms with van der Waals surface area (Å²) >= 11 is 3.29. The third kappa shape index (κ3) is 3.30. The number of rotatable bonds is 4. The van der Waals surface area contributed by atoms with Gasteiger partial charge in [0, 0.05) is 28.6 Å². The topological polar surface area (TPSA) is 53.4 Å². The first kappa shape index (κ1) is 18.6. The van der Waals surface area contributed by atoms with Gasteiger partial charge >= 0.3 is 5.97 Å². The Morgan fingerprint density at radius 2 is 2.15 bits per heavy atom. The van der Waals surface area contributed by atoms with E-state index in [4.69, 9.17) is 0 Å². The minimum Gasteiger partial charge on any atom is -0.478 e. The molecule has 0 fully saturated rings. The lowest BCUT2D eigenvalue weighted by Crippen LogP contribution is -2.22. The third-order valence-electron chi connectivity index (χ3n) is 5.28. The van der Waals surface area contributed by atoms with Crippen LogP contribution in [0, 0.1) is 5.41 Å². The van der Waals surface area contributed by atoms with Gasteiger partial charge in [0.25, 0.3) is 0 Å². The van der Waals surface area contributed by atoms with Crippen LogP contribution < -0.4 is 0 Å². The van der Waals surface area contributed by atoms with Crippen molar-refractivity contribution in [2.75, 3.05) is 14.1 Å². The molecule has 3 aromatic heterocycles. The van der Waals surface area contributed by atoms with Crippen molar-refractivity contribution in [2.24, 2.45) is 5.41 Å². The summed E-state index contributed by atoms with van der Waals surface area (Å²) in [7, 11) is 4.06. The molecule has 1 aliphatic carbocycles. The molecule has 0 saturated heterocycles. The predicted octanol–water partition coefficient (Wildman–Crippen LogP) is 5.30. The summed E-state index contributed by atoms with van der Waals surface area (Å²) in [6, 6.07) is 2.08. The van der Waals surface area contributed by atoms with E-state index in [1.807, 2.05) is 25.7 Å². The number of carbonyl (C=O) groups is 1. The van der Waals surface area contributed by atoms with Crippen LogP contribution in [-0.4, -0.2) is 35.1 Å². The molecule has 4 rings (SSSR count). The van der Waals surface area contributed by atoms with Gasteiger partial charge in [-0.3, -0.25) is 0 Å². The molecule has 0 amide bonds. The lowest BCUT2D eigenvalue weighted by atomic mass is 9.76. The molecule has 3 heterocycles. The molecule has 0 unspecified atom stereocenters. The van der Waals surface area contributed by atoms with Crippen LogP contribution in [-0.2, 0) is 19.4 Å². The molecule has 1 aliphatic rings. The summed E-state index contributed by atoms with van der Waals surface area (Å²) in [4.78, 5) is 22.2. The molecular weight excluding hydrogens is 376 g/mol. The quantitative estimate of drug-likeness (QED) is 0.646. The van der Waals surface area contributed by atoms with Crippen molar-refractivity contribution < 1.29 is 9.90 Å². The highest BCUT2D eigenvalue weighted by molar-refractivity contribution is 7.17. The number of thiophene rings is 2. The molecule has 6 heteroatoms. The number of carboxylic acid groups (broad SMARTS) is 1. The van der Waals surface area contributed by atoms with Gasteiger partial charge in [0.15, 0.2) is 0 Å². The van der Waals surface area contributed by atoms with E-state index in [9.17, 15) is 9.90 Å². The highest BCUT2D eigenvalue weighted by Crippen LogP contribution is 2.47. The lowest BCUT2D eigenvalue weighted by molar-refractivity contribution is 0.0696. The maximum atomic E-state index is 12.3. The van der Waals surface area contributed by atoms with E-state index < -0.39 is 5.97 Å². The molecule has 1 N–H and O–H groups in total. The second kappa shape index (κ2) is 6.69. The van der Waals surface area contributed by atoms with Gasteiger partial charge in [-0.05, 0) is 61.3 Å². The normalized spacial score (nSPS) is 16.0. The number of pyridine rings is 1. The van der Waals surface area contributed by atoms with Crippen molar-refractivity contribution in [3.63, 3.8) is 0 Å². The third-order valence-corrected chi connectivity index (χ3v) is 7.41. The Labute approximate surface area is 167 Å². The van der Waals surface area contributed by atoms with Gasteiger partial charge in [-0.15, -0.1) is 22.7 Å². The van der Waals surface area contributed by atoms with Gasteiger partial charge in [0.2, 0.25) is 0 Å². The minimum atomic E-state index is -0.809. The van der Waals surface area contributed by atoms with Crippen LogP contribution in [0.3, 0.4) is 0 Å². The number of carboxylic acids is 1. The van der Waals surface area contributed by atoms with Crippen molar-refractivity contribution in [3.8, 4) is 10.4 Å². The highest BCUT2D eigenvalue weighted by atomic mass is 32.1. The van der Waals surface area contributed by atoms with Gasteiger partial charge in [0.1, 0.15) is 4.83 Å². The van der Waals surface area contributed by atoms with E-state index in [-0.39, 0.29) is 5.41 Å². The summed E-state index contributed by atoms with van der Waals surface area (Å²) < 4.78 is 0. The van der Waals surface area contributed by atoms with Gasteiger partial charge in [-0.25, -0.2) is 9.78 Å². The van der Waals surface area contributed by atoms with Crippen LogP contribution in [0.5, 0.6) is 0 Å². The van der Waals surface area contributed by atoms with E-state index in [0.29, 0.717) is 5.56 Å². The van der Waals surface area contributed by atoms with Crippen LogP contribution in [0.25, 0.3) is 20.7 Å². The number of hydrogen-bond donors (Lipinski definition) is 1. The van der Waals surface area contributed by atoms with E-state index in [2.05, 4.69) is 29.8 Å². The summed E-state index contributed by atoms with van der Waals surface area (Å²) in [5.41, 5.74) is 3.87. The Kier molecular flexibility index (Phi) is 4.61. The fourth-order valence-corrected chi connectivity index (χ4v) is 6.16. The molecule has 27 heavy (non-hydrogen) atoms. The number of hydrogen-bond acceptors (Lipinski definition) is 5. The Morgan fingerprint density at radius 1 is 1.37 bits per heavy atom. The van der Waals surface area contributed by atoms with E-state index in [1.54, 1.807) is 22.7 Å². The largest absolute Gasteiger partial charge is 0.478 e. The predicted molar refractivity (Wildman–Crippen MR) is 113 cm³/mol. The average molecular weight is 401 g/mol. The zero-order chi connectivity index (χ0) is 19.3. The second-order valence-corrected chi connectivity index (χ2v) is 10.4. The maximum absolute atomic E-state index is 12.3. The summed E-state index contributed by atoms with van der Waals surface area (Å²) in [5.74, 6) is -0.809. The molecule has 3 aromatic rings. The molecule has 0 bridgehead atoms. The smallest absolute Gasteiger partial charge is 0.337 e. The van der Waals surface area contributed by atoms with Crippen molar-refractivity contribution in [2.45, 2.75) is 39.7 Å². The van der Waals surface area contributed by atoms with Gasteiger partial charge < -0.3 is 10.0 Å². The van der Waals surface area contributed by atoms with Crippen molar-refractivity contribution in [1.29, 1.82) is 0 Å². The molecule has 0 aromatic carbocycles. The van der Waals surface area contributed by atoms with Crippen LogP contribution in [0.1, 0.15) is 46.6 Å². The first-order chi connectivity index (χ1) is 12.8. The molecule has 0 saturated carbocycles. The molecular formula is C21H24N2O2S2. The number of aromatic nitrogens is 1. The average Bonchev–Trinajstić information content (AvgIpc) is 3.16.